The predicted molar refractivity (Wildman–Crippen MR) is 70.5 cm³/mol. The van der Waals surface area contributed by atoms with Crippen molar-refractivity contribution in [2.75, 3.05) is 32.7 Å². The van der Waals surface area contributed by atoms with Crippen LogP contribution in [0, 0.1) is 11.3 Å². The molecular formula is C13H17NO4S. The highest BCUT2D eigenvalue weighted by Crippen LogP contribution is 2.12. The molecule has 0 N–H and O–H groups in total. The van der Waals surface area contributed by atoms with Crippen LogP contribution in [-0.4, -0.2) is 41.1 Å². The van der Waals surface area contributed by atoms with Crippen LogP contribution in [0.1, 0.15) is 12.0 Å². The van der Waals surface area contributed by atoms with Crippen molar-refractivity contribution in [1.82, 2.24) is 0 Å². The lowest BCUT2D eigenvalue weighted by molar-refractivity contribution is 0.112. The largest absolute Gasteiger partial charge is 0.385 e. The van der Waals surface area contributed by atoms with Gasteiger partial charge in [0, 0.05) is 20.3 Å². The molecule has 0 saturated carbocycles. The first kappa shape index (κ1) is 15.6. The highest BCUT2D eigenvalue weighted by molar-refractivity contribution is 7.91. The molecule has 0 aliphatic carbocycles. The van der Waals surface area contributed by atoms with Crippen molar-refractivity contribution < 1.29 is 17.9 Å². The van der Waals surface area contributed by atoms with Gasteiger partial charge >= 0.3 is 0 Å². The van der Waals surface area contributed by atoms with Crippen LogP contribution in [0.3, 0.4) is 0 Å². The van der Waals surface area contributed by atoms with Crippen molar-refractivity contribution in [3.8, 4) is 6.07 Å². The Labute approximate surface area is 113 Å². The molecule has 0 heterocycles. The van der Waals surface area contributed by atoms with Gasteiger partial charge in [-0.25, -0.2) is 8.42 Å². The van der Waals surface area contributed by atoms with Gasteiger partial charge in [0.05, 0.1) is 28.9 Å². The molecule has 0 fully saturated rings. The minimum atomic E-state index is -3.34. The first-order chi connectivity index (χ1) is 9.10. The molecule has 0 bridgehead atoms. The van der Waals surface area contributed by atoms with Crippen molar-refractivity contribution in [2.45, 2.75) is 11.3 Å². The van der Waals surface area contributed by atoms with Crippen molar-refractivity contribution in [1.29, 1.82) is 5.26 Å². The number of benzene rings is 1. The van der Waals surface area contributed by atoms with Crippen molar-refractivity contribution in [2.24, 2.45) is 0 Å². The van der Waals surface area contributed by atoms with E-state index in [-0.39, 0.29) is 17.3 Å². The van der Waals surface area contributed by atoms with Crippen LogP contribution >= 0.6 is 0 Å². The molecule has 5 nitrogen and oxygen atoms in total. The Morgan fingerprint density at radius 3 is 2.42 bits per heavy atom. The Bertz CT molecular complexity index is 517. The molecule has 0 radical (unpaired) electrons. The van der Waals surface area contributed by atoms with Crippen molar-refractivity contribution in [3.05, 3.63) is 29.8 Å². The summed E-state index contributed by atoms with van der Waals surface area (Å²) in [7, 11) is -1.74. The van der Waals surface area contributed by atoms with Gasteiger partial charge in [0.15, 0.2) is 9.84 Å². The third-order valence-electron chi connectivity index (χ3n) is 2.48. The number of methoxy groups -OCH3 is 1. The van der Waals surface area contributed by atoms with Gasteiger partial charge in [-0.15, -0.1) is 0 Å². The van der Waals surface area contributed by atoms with E-state index in [9.17, 15) is 8.42 Å². The highest BCUT2D eigenvalue weighted by Gasteiger charge is 2.13. The lowest BCUT2D eigenvalue weighted by Gasteiger charge is -2.06. The molecule has 1 rings (SSSR count). The topological polar surface area (TPSA) is 76.4 Å². The number of ether oxygens (including phenoxy) is 2. The maximum atomic E-state index is 11.9. The molecule has 6 heteroatoms. The van der Waals surface area contributed by atoms with Crippen LogP contribution in [-0.2, 0) is 19.3 Å². The molecule has 0 aromatic heterocycles. The van der Waals surface area contributed by atoms with E-state index >= 15 is 0 Å². The lowest BCUT2D eigenvalue weighted by Crippen LogP contribution is -2.13. The number of nitriles is 1. The first-order valence-corrected chi connectivity index (χ1v) is 7.55. The SMILES string of the molecule is COCCCOCCS(=O)(=O)c1ccc(C#N)cc1. The summed E-state index contributed by atoms with van der Waals surface area (Å²) in [5.41, 5.74) is 0.440. The Morgan fingerprint density at radius 1 is 1.16 bits per heavy atom. The maximum absolute atomic E-state index is 11.9. The van der Waals surface area contributed by atoms with Crippen LogP contribution in [0.25, 0.3) is 0 Å². The van der Waals surface area contributed by atoms with Gasteiger partial charge in [0.25, 0.3) is 0 Å². The zero-order chi connectivity index (χ0) is 14.1. The molecule has 0 spiro atoms. The second-order valence-electron chi connectivity index (χ2n) is 3.91. The van der Waals surface area contributed by atoms with E-state index in [4.69, 9.17) is 14.7 Å². The summed E-state index contributed by atoms with van der Waals surface area (Å²) in [5.74, 6) is -0.0636. The van der Waals surface area contributed by atoms with Crippen LogP contribution in [0.2, 0.25) is 0 Å². The first-order valence-electron chi connectivity index (χ1n) is 5.90. The van der Waals surface area contributed by atoms with Gasteiger partial charge in [0.1, 0.15) is 0 Å². The molecular weight excluding hydrogens is 266 g/mol. The van der Waals surface area contributed by atoms with E-state index in [0.29, 0.717) is 18.8 Å². The predicted octanol–water partition coefficient (Wildman–Crippen LogP) is 1.39. The highest BCUT2D eigenvalue weighted by atomic mass is 32.2. The zero-order valence-electron chi connectivity index (χ0n) is 10.8. The second-order valence-corrected chi connectivity index (χ2v) is 6.02. The fourth-order valence-corrected chi connectivity index (χ4v) is 2.55. The van der Waals surface area contributed by atoms with Gasteiger partial charge in [0.2, 0.25) is 0 Å². The average molecular weight is 283 g/mol. The van der Waals surface area contributed by atoms with Crippen molar-refractivity contribution in [3.63, 3.8) is 0 Å². The number of sulfone groups is 1. The third kappa shape index (κ3) is 5.39. The second kappa shape index (κ2) is 7.89. The molecule has 0 saturated heterocycles. The Kier molecular flexibility index (Phi) is 6.50. The smallest absolute Gasteiger partial charge is 0.180 e. The van der Waals surface area contributed by atoms with E-state index in [2.05, 4.69) is 0 Å². The summed E-state index contributed by atoms with van der Waals surface area (Å²) < 4.78 is 33.9. The molecule has 0 aliphatic rings. The van der Waals surface area contributed by atoms with Gasteiger partial charge in [-0.05, 0) is 30.7 Å². The van der Waals surface area contributed by atoms with E-state index in [1.54, 1.807) is 7.11 Å². The Balaban J connectivity index is 2.45. The van der Waals surface area contributed by atoms with Crippen molar-refractivity contribution >= 4 is 9.84 Å². The van der Waals surface area contributed by atoms with E-state index in [1.807, 2.05) is 6.07 Å². The molecule has 19 heavy (non-hydrogen) atoms. The van der Waals surface area contributed by atoms with Gasteiger partial charge in [-0.3, -0.25) is 0 Å². The summed E-state index contributed by atoms with van der Waals surface area (Å²) in [4.78, 5) is 0.215. The molecule has 0 atom stereocenters. The van der Waals surface area contributed by atoms with Gasteiger partial charge in [-0.1, -0.05) is 0 Å². The lowest BCUT2D eigenvalue weighted by atomic mass is 10.2. The Hall–Kier alpha value is -1.42. The summed E-state index contributed by atoms with van der Waals surface area (Å²) in [6.45, 7) is 1.24. The monoisotopic (exact) mass is 283 g/mol. The van der Waals surface area contributed by atoms with Crippen LogP contribution in [0.5, 0.6) is 0 Å². The quantitative estimate of drug-likeness (QED) is 0.674. The van der Waals surface area contributed by atoms with Crippen LogP contribution in [0.15, 0.2) is 29.2 Å². The Morgan fingerprint density at radius 2 is 1.84 bits per heavy atom. The molecule has 0 amide bonds. The third-order valence-corrected chi connectivity index (χ3v) is 4.17. The van der Waals surface area contributed by atoms with E-state index in [1.165, 1.54) is 24.3 Å². The van der Waals surface area contributed by atoms with E-state index in [0.717, 1.165) is 6.42 Å². The van der Waals surface area contributed by atoms with E-state index < -0.39 is 9.84 Å². The molecule has 0 unspecified atom stereocenters. The zero-order valence-corrected chi connectivity index (χ0v) is 11.6. The minimum Gasteiger partial charge on any atom is -0.385 e. The average Bonchev–Trinajstić information content (AvgIpc) is 2.43. The fraction of sp³-hybridized carbons (Fsp3) is 0.462. The molecule has 1 aromatic carbocycles. The van der Waals surface area contributed by atoms with Gasteiger partial charge < -0.3 is 9.47 Å². The number of hydrogen-bond acceptors (Lipinski definition) is 5. The maximum Gasteiger partial charge on any atom is 0.180 e. The fourth-order valence-electron chi connectivity index (χ4n) is 1.43. The summed E-state index contributed by atoms with van der Waals surface area (Å²) in [6, 6.07) is 7.82. The molecule has 1 aromatic rings. The number of rotatable bonds is 8. The molecule has 0 aliphatic heterocycles. The van der Waals surface area contributed by atoms with Crippen LogP contribution < -0.4 is 0 Å². The van der Waals surface area contributed by atoms with Crippen LogP contribution in [0.4, 0.5) is 0 Å². The summed E-state index contributed by atoms with van der Waals surface area (Å²) in [6.07, 6.45) is 0.743. The number of nitrogens with zero attached hydrogens (tertiary/aromatic N) is 1. The summed E-state index contributed by atoms with van der Waals surface area (Å²) in [5, 5.41) is 8.65. The number of hydrogen-bond donors (Lipinski definition) is 0. The standard InChI is InChI=1S/C13H17NO4S/c1-17-7-2-8-18-9-10-19(15,16)13-5-3-12(11-14)4-6-13/h3-6H,2,7-10H2,1H3. The minimum absolute atomic E-state index is 0.0636. The summed E-state index contributed by atoms with van der Waals surface area (Å²) >= 11 is 0. The molecule has 104 valence electrons. The van der Waals surface area contributed by atoms with Gasteiger partial charge in [-0.2, -0.15) is 5.26 Å². The normalized spacial score (nSPS) is 11.2.